The SMILES string of the molecule is Cc1cc(C)c(C=C2CN(Cc3ccc(Cl)c(Cl)c3)c3ccc(NC(=O)c4ccccc4)cc32)[nH]1. The number of fused-ring (bicyclic) bond motifs is 1. The number of aromatic amines is 1. The minimum atomic E-state index is -0.127. The van der Waals surface area contributed by atoms with Crippen LogP contribution in [-0.2, 0) is 6.54 Å². The third-order valence-corrected chi connectivity index (χ3v) is 6.94. The highest BCUT2D eigenvalue weighted by molar-refractivity contribution is 6.42. The maximum Gasteiger partial charge on any atom is 0.255 e. The fraction of sp³-hybridized carbons (Fsp3) is 0.138. The summed E-state index contributed by atoms with van der Waals surface area (Å²) < 4.78 is 0. The smallest absolute Gasteiger partial charge is 0.255 e. The Kier molecular flexibility index (Phi) is 6.42. The number of carbonyl (C=O) groups excluding carboxylic acids is 1. The van der Waals surface area contributed by atoms with Gasteiger partial charge in [-0.05, 0) is 85.2 Å². The molecule has 0 unspecified atom stereocenters. The quantitative estimate of drug-likeness (QED) is 0.293. The number of nitrogens with zero attached hydrogens (tertiary/aromatic N) is 1. The fourth-order valence-corrected chi connectivity index (χ4v) is 4.83. The molecule has 4 aromatic rings. The molecular formula is C29H25Cl2N3O. The first-order valence-electron chi connectivity index (χ1n) is 11.4. The van der Waals surface area contributed by atoms with Gasteiger partial charge in [0.2, 0.25) is 0 Å². The maximum atomic E-state index is 12.7. The molecule has 35 heavy (non-hydrogen) atoms. The number of aryl methyl sites for hydroxylation is 2. The lowest BCUT2D eigenvalue weighted by atomic mass is 10.0. The molecule has 6 heteroatoms. The summed E-state index contributed by atoms with van der Waals surface area (Å²) in [6, 6.07) is 23.2. The van der Waals surface area contributed by atoms with Crippen molar-refractivity contribution in [2.45, 2.75) is 20.4 Å². The van der Waals surface area contributed by atoms with Gasteiger partial charge < -0.3 is 15.2 Å². The molecule has 0 radical (unpaired) electrons. The van der Waals surface area contributed by atoms with Crippen molar-refractivity contribution in [3.8, 4) is 0 Å². The second-order valence-electron chi connectivity index (χ2n) is 8.88. The number of rotatable bonds is 5. The Labute approximate surface area is 215 Å². The number of halogens is 2. The lowest BCUT2D eigenvalue weighted by Crippen LogP contribution is -2.19. The molecule has 4 nitrogen and oxygen atoms in total. The largest absolute Gasteiger partial charge is 0.362 e. The van der Waals surface area contributed by atoms with Crippen molar-refractivity contribution in [3.05, 3.63) is 116 Å². The molecule has 0 bridgehead atoms. The fourth-order valence-electron chi connectivity index (χ4n) is 4.51. The van der Waals surface area contributed by atoms with Gasteiger partial charge in [-0.1, -0.05) is 47.5 Å². The first-order valence-corrected chi connectivity index (χ1v) is 12.2. The molecule has 0 saturated heterocycles. The zero-order valence-electron chi connectivity index (χ0n) is 19.5. The zero-order valence-corrected chi connectivity index (χ0v) is 21.0. The predicted octanol–water partition coefficient (Wildman–Crippen LogP) is 7.75. The lowest BCUT2D eigenvalue weighted by molar-refractivity contribution is 0.102. The second kappa shape index (κ2) is 9.65. The van der Waals surface area contributed by atoms with E-state index in [-0.39, 0.29) is 5.91 Å². The van der Waals surface area contributed by atoms with E-state index in [1.807, 2.05) is 54.6 Å². The second-order valence-corrected chi connectivity index (χ2v) is 9.69. The number of H-pyrrole nitrogens is 1. The van der Waals surface area contributed by atoms with Gasteiger partial charge in [0.1, 0.15) is 0 Å². The molecule has 1 amide bonds. The van der Waals surface area contributed by atoms with Crippen LogP contribution in [0.25, 0.3) is 11.6 Å². The third-order valence-electron chi connectivity index (χ3n) is 6.20. The molecule has 1 aliphatic heterocycles. The van der Waals surface area contributed by atoms with Gasteiger partial charge in [-0.25, -0.2) is 0 Å². The summed E-state index contributed by atoms with van der Waals surface area (Å²) in [4.78, 5) is 18.5. The highest BCUT2D eigenvalue weighted by Crippen LogP contribution is 2.40. The molecule has 0 aliphatic carbocycles. The Balaban J connectivity index is 1.50. The van der Waals surface area contributed by atoms with Crippen molar-refractivity contribution in [1.29, 1.82) is 0 Å². The van der Waals surface area contributed by atoms with Crippen LogP contribution in [0.15, 0.2) is 72.8 Å². The molecule has 176 valence electrons. The molecule has 0 fully saturated rings. The molecule has 0 spiro atoms. The maximum absolute atomic E-state index is 12.7. The van der Waals surface area contributed by atoms with Crippen LogP contribution in [0.3, 0.4) is 0 Å². The summed E-state index contributed by atoms with van der Waals surface area (Å²) in [7, 11) is 0. The van der Waals surface area contributed by atoms with E-state index < -0.39 is 0 Å². The number of hydrogen-bond donors (Lipinski definition) is 2. The Morgan fingerprint density at radius 3 is 2.51 bits per heavy atom. The minimum Gasteiger partial charge on any atom is -0.362 e. The van der Waals surface area contributed by atoms with E-state index >= 15 is 0 Å². The number of carbonyl (C=O) groups is 1. The highest BCUT2D eigenvalue weighted by Gasteiger charge is 2.25. The van der Waals surface area contributed by atoms with E-state index in [9.17, 15) is 4.79 Å². The topological polar surface area (TPSA) is 48.1 Å². The monoisotopic (exact) mass is 501 g/mol. The van der Waals surface area contributed by atoms with E-state index in [2.05, 4.69) is 53.3 Å². The van der Waals surface area contributed by atoms with Crippen LogP contribution in [0.2, 0.25) is 10.0 Å². The first-order chi connectivity index (χ1) is 16.9. The van der Waals surface area contributed by atoms with Gasteiger partial charge >= 0.3 is 0 Å². The molecule has 1 aliphatic rings. The summed E-state index contributed by atoms with van der Waals surface area (Å²) in [6.07, 6.45) is 2.21. The van der Waals surface area contributed by atoms with Crippen LogP contribution in [0.4, 0.5) is 11.4 Å². The number of nitrogens with one attached hydrogen (secondary N) is 2. The van der Waals surface area contributed by atoms with Crippen LogP contribution in [0, 0.1) is 13.8 Å². The van der Waals surface area contributed by atoms with Gasteiger partial charge in [0.15, 0.2) is 0 Å². The van der Waals surface area contributed by atoms with Crippen molar-refractivity contribution in [2.24, 2.45) is 0 Å². The van der Waals surface area contributed by atoms with Crippen LogP contribution < -0.4 is 10.2 Å². The van der Waals surface area contributed by atoms with Gasteiger partial charge in [0.25, 0.3) is 5.91 Å². The van der Waals surface area contributed by atoms with Gasteiger partial charge in [-0.2, -0.15) is 0 Å². The van der Waals surface area contributed by atoms with Crippen molar-refractivity contribution in [1.82, 2.24) is 4.98 Å². The summed E-state index contributed by atoms with van der Waals surface area (Å²) in [6.45, 7) is 5.60. The Bertz CT molecular complexity index is 1440. The zero-order chi connectivity index (χ0) is 24.5. The standard InChI is InChI=1S/C29H25Cl2N3O/c1-18-12-19(2)32-27(18)14-22-17-34(16-20-8-10-25(30)26(31)13-20)28-11-9-23(15-24(22)28)33-29(35)21-6-4-3-5-7-21/h3-15,32H,16-17H2,1-2H3,(H,33,35). The number of hydrogen-bond acceptors (Lipinski definition) is 2. The average Bonchev–Trinajstić information content (AvgIpc) is 3.34. The summed E-state index contributed by atoms with van der Waals surface area (Å²) >= 11 is 12.4. The Morgan fingerprint density at radius 2 is 1.80 bits per heavy atom. The van der Waals surface area contributed by atoms with Crippen molar-refractivity contribution >= 4 is 52.1 Å². The number of anilines is 2. The van der Waals surface area contributed by atoms with Gasteiger partial charge in [0, 0.05) is 47.0 Å². The average molecular weight is 502 g/mol. The molecule has 0 atom stereocenters. The van der Waals surface area contributed by atoms with Crippen LogP contribution in [0.5, 0.6) is 0 Å². The lowest BCUT2D eigenvalue weighted by Gasteiger charge is -2.20. The molecule has 2 heterocycles. The normalized spacial score (nSPS) is 13.8. The first kappa shape index (κ1) is 23.3. The molecule has 0 saturated carbocycles. The van der Waals surface area contributed by atoms with Crippen LogP contribution >= 0.6 is 23.2 Å². The highest BCUT2D eigenvalue weighted by atomic mass is 35.5. The van der Waals surface area contributed by atoms with E-state index in [1.165, 1.54) is 11.1 Å². The van der Waals surface area contributed by atoms with Crippen molar-refractivity contribution in [2.75, 3.05) is 16.8 Å². The Morgan fingerprint density at radius 1 is 1.00 bits per heavy atom. The van der Waals surface area contributed by atoms with Gasteiger partial charge in [-0.15, -0.1) is 0 Å². The molecule has 1 aromatic heterocycles. The van der Waals surface area contributed by atoms with E-state index in [1.54, 1.807) is 0 Å². The number of amides is 1. The third kappa shape index (κ3) is 5.00. The molecule has 2 N–H and O–H groups in total. The number of aromatic nitrogens is 1. The van der Waals surface area contributed by atoms with Crippen LogP contribution in [0.1, 0.15) is 38.4 Å². The minimum absolute atomic E-state index is 0.127. The Hall–Kier alpha value is -3.47. The van der Waals surface area contributed by atoms with Gasteiger partial charge in [-0.3, -0.25) is 4.79 Å². The summed E-state index contributed by atoms with van der Waals surface area (Å²) in [5.41, 5.74) is 9.29. The molecular weight excluding hydrogens is 477 g/mol. The van der Waals surface area contributed by atoms with E-state index in [0.717, 1.165) is 40.4 Å². The van der Waals surface area contributed by atoms with Gasteiger partial charge in [0.05, 0.1) is 10.0 Å². The van der Waals surface area contributed by atoms with Crippen molar-refractivity contribution < 1.29 is 4.79 Å². The molecule has 5 rings (SSSR count). The summed E-state index contributed by atoms with van der Waals surface area (Å²) in [5.74, 6) is -0.127. The molecule has 3 aromatic carbocycles. The van der Waals surface area contributed by atoms with Crippen LogP contribution in [-0.4, -0.2) is 17.4 Å². The summed E-state index contributed by atoms with van der Waals surface area (Å²) in [5, 5.41) is 4.14. The van der Waals surface area contributed by atoms with Crippen molar-refractivity contribution in [3.63, 3.8) is 0 Å². The van der Waals surface area contributed by atoms with E-state index in [0.29, 0.717) is 22.2 Å². The number of benzene rings is 3. The predicted molar refractivity (Wildman–Crippen MR) is 146 cm³/mol. The van der Waals surface area contributed by atoms with E-state index in [4.69, 9.17) is 23.2 Å².